The van der Waals surface area contributed by atoms with Crippen LogP contribution in [0.25, 0.3) is 0 Å². The first-order valence-corrected chi connectivity index (χ1v) is 6.43. The van der Waals surface area contributed by atoms with E-state index >= 15 is 0 Å². The standard InChI is InChI=1S/C15H14ClNO3/c16-11-6-8-12(9-7-11)17-15(20)14(19)13(18)10-4-2-1-3-5-10/h1-9,13-14,18-19H,(H,17,20). The molecule has 0 heterocycles. The number of carbonyl (C=O) groups is 1. The number of hydrogen-bond donors (Lipinski definition) is 3. The van der Waals surface area contributed by atoms with Crippen molar-refractivity contribution in [3.05, 3.63) is 65.2 Å². The second-order valence-corrected chi connectivity index (χ2v) is 4.73. The Morgan fingerprint density at radius 2 is 1.60 bits per heavy atom. The quantitative estimate of drug-likeness (QED) is 0.810. The molecule has 2 aromatic carbocycles. The van der Waals surface area contributed by atoms with Crippen LogP contribution in [0.3, 0.4) is 0 Å². The minimum absolute atomic E-state index is 0.478. The highest BCUT2D eigenvalue weighted by molar-refractivity contribution is 6.30. The zero-order chi connectivity index (χ0) is 14.5. The Morgan fingerprint density at radius 1 is 1.00 bits per heavy atom. The van der Waals surface area contributed by atoms with Crippen molar-refractivity contribution in [2.24, 2.45) is 0 Å². The summed E-state index contributed by atoms with van der Waals surface area (Å²) in [5.74, 6) is -0.677. The molecule has 104 valence electrons. The smallest absolute Gasteiger partial charge is 0.256 e. The van der Waals surface area contributed by atoms with E-state index in [2.05, 4.69) is 5.32 Å². The fraction of sp³-hybridized carbons (Fsp3) is 0.133. The second-order valence-electron chi connectivity index (χ2n) is 4.30. The lowest BCUT2D eigenvalue weighted by Crippen LogP contribution is -2.33. The average Bonchev–Trinajstić information content (AvgIpc) is 2.49. The lowest BCUT2D eigenvalue weighted by atomic mass is 10.0. The average molecular weight is 292 g/mol. The molecule has 2 rings (SSSR count). The molecule has 0 aliphatic heterocycles. The first-order chi connectivity index (χ1) is 9.58. The third kappa shape index (κ3) is 3.57. The zero-order valence-corrected chi connectivity index (χ0v) is 11.3. The number of halogens is 1. The van der Waals surface area contributed by atoms with E-state index in [4.69, 9.17) is 11.6 Å². The van der Waals surface area contributed by atoms with Crippen LogP contribution >= 0.6 is 11.6 Å². The first-order valence-electron chi connectivity index (χ1n) is 6.05. The highest BCUT2D eigenvalue weighted by Gasteiger charge is 2.25. The fourth-order valence-electron chi connectivity index (χ4n) is 1.73. The molecule has 0 radical (unpaired) electrons. The van der Waals surface area contributed by atoms with Gasteiger partial charge < -0.3 is 15.5 Å². The fourth-order valence-corrected chi connectivity index (χ4v) is 1.85. The predicted octanol–water partition coefficient (Wildman–Crippen LogP) is 2.37. The summed E-state index contributed by atoms with van der Waals surface area (Å²) in [5, 5.41) is 22.9. The van der Waals surface area contributed by atoms with Gasteiger partial charge in [-0.1, -0.05) is 41.9 Å². The van der Waals surface area contributed by atoms with Crippen LogP contribution in [0.15, 0.2) is 54.6 Å². The van der Waals surface area contributed by atoms with Crippen LogP contribution in [0.5, 0.6) is 0 Å². The molecule has 3 N–H and O–H groups in total. The lowest BCUT2D eigenvalue weighted by molar-refractivity contribution is -0.129. The molecule has 5 heteroatoms. The number of anilines is 1. The van der Waals surface area contributed by atoms with Gasteiger partial charge in [0.25, 0.3) is 5.91 Å². The van der Waals surface area contributed by atoms with Crippen molar-refractivity contribution in [2.75, 3.05) is 5.32 Å². The number of hydrogen-bond acceptors (Lipinski definition) is 3. The largest absolute Gasteiger partial charge is 0.385 e. The van der Waals surface area contributed by atoms with Crippen molar-refractivity contribution in [1.29, 1.82) is 0 Å². The summed E-state index contributed by atoms with van der Waals surface area (Å²) in [6.07, 6.45) is -2.82. The Labute approximate surface area is 121 Å². The van der Waals surface area contributed by atoms with Gasteiger partial charge in [0.05, 0.1) is 0 Å². The summed E-state index contributed by atoms with van der Waals surface area (Å²) in [7, 11) is 0. The molecule has 2 unspecified atom stereocenters. The van der Waals surface area contributed by atoms with Gasteiger partial charge in [0.15, 0.2) is 6.10 Å². The van der Waals surface area contributed by atoms with Gasteiger partial charge in [0, 0.05) is 10.7 Å². The van der Waals surface area contributed by atoms with Crippen molar-refractivity contribution in [2.45, 2.75) is 12.2 Å². The molecule has 0 saturated heterocycles. The molecule has 0 fully saturated rings. The summed E-state index contributed by atoms with van der Waals surface area (Å²) >= 11 is 5.74. The van der Waals surface area contributed by atoms with Crippen molar-refractivity contribution in [1.82, 2.24) is 0 Å². The predicted molar refractivity (Wildman–Crippen MR) is 77.5 cm³/mol. The third-order valence-electron chi connectivity index (χ3n) is 2.82. The van der Waals surface area contributed by atoms with Crippen LogP contribution < -0.4 is 5.32 Å². The van der Waals surface area contributed by atoms with Gasteiger partial charge in [-0.2, -0.15) is 0 Å². The van der Waals surface area contributed by atoms with Crippen LogP contribution in [0, 0.1) is 0 Å². The number of carbonyl (C=O) groups excluding carboxylic acids is 1. The Bertz CT molecular complexity index is 571. The van der Waals surface area contributed by atoms with E-state index in [-0.39, 0.29) is 0 Å². The molecule has 2 atom stereocenters. The molecule has 0 spiro atoms. The molecule has 0 aromatic heterocycles. The molecule has 0 bridgehead atoms. The van der Waals surface area contributed by atoms with Gasteiger partial charge in [-0.05, 0) is 29.8 Å². The maximum absolute atomic E-state index is 11.9. The molecule has 2 aromatic rings. The van der Waals surface area contributed by atoms with Crippen molar-refractivity contribution >= 4 is 23.2 Å². The van der Waals surface area contributed by atoms with E-state index in [1.807, 2.05) is 0 Å². The maximum atomic E-state index is 11.9. The SMILES string of the molecule is O=C(Nc1ccc(Cl)cc1)C(O)C(O)c1ccccc1. The number of aliphatic hydroxyl groups is 2. The lowest BCUT2D eigenvalue weighted by Gasteiger charge is -2.17. The summed E-state index contributed by atoms with van der Waals surface area (Å²) in [5.41, 5.74) is 0.977. The van der Waals surface area contributed by atoms with Crippen LogP contribution in [-0.4, -0.2) is 22.2 Å². The maximum Gasteiger partial charge on any atom is 0.256 e. The molecule has 1 amide bonds. The summed E-state index contributed by atoms with van der Waals surface area (Å²) in [6, 6.07) is 15.0. The van der Waals surface area contributed by atoms with E-state index < -0.39 is 18.1 Å². The summed E-state index contributed by atoms with van der Waals surface area (Å²) in [6.45, 7) is 0. The number of amides is 1. The Kier molecular flexibility index (Phi) is 4.74. The number of rotatable bonds is 4. The molecular formula is C15H14ClNO3. The molecule has 0 aliphatic rings. The van der Waals surface area contributed by atoms with Gasteiger partial charge in [-0.15, -0.1) is 0 Å². The normalized spacial score (nSPS) is 13.6. The van der Waals surface area contributed by atoms with E-state index in [1.54, 1.807) is 54.6 Å². The van der Waals surface area contributed by atoms with E-state index in [0.717, 1.165) is 0 Å². The Morgan fingerprint density at radius 3 is 2.20 bits per heavy atom. The van der Waals surface area contributed by atoms with Crippen LogP contribution in [-0.2, 0) is 4.79 Å². The van der Waals surface area contributed by atoms with Crippen LogP contribution in [0.4, 0.5) is 5.69 Å². The first kappa shape index (κ1) is 14.5. The molecule has 0 saturated carbocycles. The second kappa shape index (κ2) is 6.52. The van der Waals surface area contributed by atoms with Gasteiger partial charge in [0.2, 0.25) is 0 Å². The number of benzene rings is 2. The van der Waals surface area contributed by atoms with Crippen LogP contribution in [0.1, 0.15) is 11.7 Å². The molecule has 20 heavy (non-hydrogen) atoms. The monoisotopic (exact) mass is 291 g/mol. The van der Waals surface area contributed by atoms with Crippen molar-refractivity contribution < 1.29 is 15.0 Å². The summed E-state index contributed by atoms with van der Waals surface area (Å²) < 4.78 is 0. The van der Waals surface area contributed by atoms with Crippen molar-refractivity contribution in [3.8, 4) is 0 Å². The van der Waals surface area contributed by atoms with Gasteiger partial charge in [-0.25, -0.2) is 0 Å². The Hall–Kier alpha value is -1.88. The molecular weight excluding hydrogens is 278 g/mol. The molecule has 4 nitrogen and oxygen atoms in total. The van der Waals surface area contributed by atoms with Gasteiger partial charge >= 0.3 is 0 Å². The number of nitrogens with one attached hydrogen (secondary N) is 1. The topological polar surface area (TPSA) is 69.6 Å². The minimum atomic E-state index is -1.55. The highest BCUT2D eigenvalue weighted by Crippen LogP contribution is 2.19. The number of aliphatic hydroxyl groups excluding tert-OH is 2. The molecule has 0 aliphatic carbocycles. The minimum Gasteiger partial charge on any atom is -0.385 e. The Balaban J connectivity index is 2.03. The zero-order valence-electron chi connectivity index (χ0n) is 10.5. The van der Waals surface area contributed by atoms with Crippen LogP contribution in [0.2, 0.25) is 5.02 Å². The third-order valence-corrected chi connectivity index (χ3v) is 3.07. The van der Waals surface area contributed by atoms with Crippen molar-refractivity contribution in [3.63, 3.8) is 0 Å². The van der Waals surface area contributed by atoms with E-state index in [1.165, 1.54) is 0 Å². The highest BCUT2D eigenvalue weighted by atomic mass is 35.5. The van der Waals surface area contributed by atoms with E-state index in [9.17, 15) is 15.0 Å². The van der Waals surface area contributed by atoms with E-state index in [0.29, 0.717) is 16.3 Å². The van der Waals surface area contributed by atoms with Gasteiger partial charge in [-0.3, -0.25) is 4.79 Å². The summed E-state index contributed by atoms with van der Waals surface area (Å²) in [4.78, 5) is 11.9. The van der Waals surface area contributed by atoms with Gasteiger partial charge in [0.1, 0.15) is 6.10 Å².